The number of carbonyl (C=O) groups is 1. The van der Waals surface area contributed by atoms with Crippen LogP contribution >= 0.6 is 35.0 Å². The highest BCUT2D eigenvalue weighted by atomic mass is 35.5. The van der Waals surface area contributed by atoms with Gasteiger partial charge in [-0.3, -0.25) is 4.79 Å². The van der Waals surface area contributed by atoms with E-state index in [-0.39, 0.29) is 11.7 Å². The van der Waals surface area contributed by atoms with Crippen LogP contribution in [-0.2, 0) is 4.79 Å². The molecule has 0 aliphatic heterocycles. The van der Waals surface area contributed by atoms with E-state index in [2.05, 4.69) is 15.5 Å². The normalized spacial score (nSPS) is 10.8. The van der Waals surface area contributed by atoms with Crippen LogP contribution in [0.3, 0.4) is 0 Å². The maximum absolute atomic E-state index is 12.1. The Balaban J connectivity index is 1.60. The van der Waals surface area contributed by atoms with Gasteiger partial charge in [0.2, 0.25) is 11.8 Å². The predicted octanol–water partition coefficient (Wildman–Crippen LogP) is 5.39. The van der Waals surface area contributed by atoms with Gasteiger partial charge >= 0.3 is 0 Å². The smallest absolute Gasteiger partial charge is 0.277 e. The second-order valence-corrected chi connectivity index (χ2v) is 7.40. The van der Waals surface area contributed by atoms with E-state index >= 15 is 0 Å². The van der Waals surface area contributed by atoms with Gasteiger partial charge in [-0.25, -0.2) is 0 Å². The van der Waals surface area contributed by atoms with Gasteiger partial charge in [-0.1, -0.05) is 41.0 Å². The Morgan fingerprint density at radius 3 is 2.65 bits per heavy atom. The van der Waals surface area contributed by atoms with E-state index in [9.17, 15) is 4.79 Å². The molecule has 1 amide bonds. The summed E-state index contributed by atoms with van der Waals surface area (Å²) in [5.41, 5.74) is 3.70. The Hall–Kier alpha value is -2.02. The standard InChI is InChI=1S/C18H15Cl2N3O2S/c1-10-3-4-12(7-11(10)2)17-22-23-18(25-17)26-9-16(24)21-15-6-5-13(19)8-14(15)20/h3-8H,9H2,1-2H3,(H,21,24). The summed E-state index contributed by atoms with van der Waals surface area (Å²) >= 11 is 13.0. The number of aryl methyl sites for hydroxylation is 2. The highest BCUT2D eigenvalue weighted by molar-refractivity contribution is 7.99. The van der Waals surface area contributed by atoms with Gasteiger partial charge in [0.15, 0.2) is 0 Å². The molecule has 0 spiro atoms. The van der Waals surface area contributed by atoms with Crippen LogP contribution in [0.5, 0.6) is 0 Å². The summed E-state index contributed by atoms with van der Waals surface area (Å²) in [4.78, 5) is 12.1. The second kappa shape index (κ2) is 8.12. The van der Waals surface area contributed by atoms with Crippen molar-refractivity contribution < 1.29 is 9.21 Å². The van der Waals surface area contributed by atoms with E-state index < -0.39 is 0 Å². The predicted molar refractivity (Wildman–Crippen MR) is 105 cm³/mol. The Labute approximate surface area is 165 Å². The fourth-order valence-electron chi connectivity index (χ4n) is 2.16. The summed E-state index contributed by atoms with van der Waals surface area (Å²) in [6.45, 7) is 4.07. The van der Waals surface area contributed by atoms with E-state index in [0.717, 1.165) is 22.9 Å². The number of thioether (sulfide) groups is 1. The first-order valence-corrected chi connectivity index (χ1v) is 9.45. The second-order valence-electron chi connectivity index (χ2n) is 5.63. The lowest BCUT2D eigenvalue weighted by Crippen LogP contribution is -2.14. The summed E-state index contributed by atoms with van der Waals surface area (Å²) in [5.74, 6) is 0.315. The van der Waals surface area contributed by atoms with Crippen molar-refractivity contribution in [3.05, 3.63) is 57.6 Å². The molecular formula is C18H15Cl2N3O2S. The molecule has 0 unspecified atom stereocenters. The number of halogens is 2. The average Bonchev–Trinajstić information content (AvgIpc) is 3.07. The molecule has 0 fully saturated rings. The van der Waals surface area contributed by atoms with Crippen LogP contribution < -0.4 is 5.32 Å². The van der Waals surface area contributed by atoms with Crippen molar-refractivity contribution in [3.63, 3.8) is 0 Å². The molecule has 0 saturated heterocycles. The molecule has 0 aliphatic rings. The molecule has 3 rings (SSSR count). The summed E-state index contributed by atoms with van der Waals surface area (Å²) in [6.07, 6.45) is 0. The van der Waals surface area contributed by atoms with Crippen LogP contribution in [0.25, 0.3) is 11.5 Å². The molecular weight excluding hydrogens is 393 g/mol. The summed E-state index contributed by atoms with van der Waals surface area (Å²) in [7, 11) is 0. The van der Waals surface area contributed by atoms with Gasteiger partial charge in [-0.2, -0.15) is 0 Å². The Morgan fingerprint density at radius 1 is 1.12 bits per heavy atom. The van der Waals surface area contributed by atoms with Gasteiger partial charge in [-0.05, 0) is 55.3 Å². The molecule has 0 saturated carbocycles. The topological polar surface area (TPSA) is 68.0 Å². The van der Waals surface area contributed by atoms with Crippen LogP contribution in [0.15, 0.2) is 46.0 Å². The fourth-order valence-corrected chi connectivity index (χ4v) is 3.18. The Bertz CT molecular complexity index is 959. The number of aromatic nitrogens is 2. The van der Waals surface area contributed by atoms with Crippen LogP contribution in [0, 0.1) is 13.8 Å². The SMILES string of the molecule is Cc1ccc(-c2nnc(SCC(=O)Nc3ccc(Cl)cc3Cl)o2)cc1C. The lowest BCUT2D eigenvalue weighted by molar-refractivity contribution is -0.113. The minimum absolute atomic E-state index is 0.119. The van der Waals surface area contributed by atoms with Gasteiger partial charge in [0.25, 0.3) is 5.22 Å². The van der Waals surface area contributed by atoms with E-state index in [1.165, 1.54) is 5.56 Å². The number of rotatable bonds is 5. The molecule has 8 heteroatoms. The summed E-state index contributed by atoms with van der Waals surface area (Å²) in [5, 5.41) is 11.9. The van der Waals surface area contributed by atoms with Crippen molar-refractivity contribution in [2.45, 2.75) is 19.1 Å². The number of hydrogen-bond donors (Lipinski definition) is 1. The molecule has 0 radical (unpaired) electrons. The lowest BCUT2D eigenvalue weighted by Gasteiger charge is -2.06. The third kappa shape index (κ3) is 4.58. The van der Waals surface area contributed by atoms with Gasteiger partial charge in [-0.15, -0.1) is 10.2 Å². The number of anilines is 1. The molecule has 3 aromatic rings. The molecule has 1 aromatic heterocycles. The highest BCUT2D eigenvalue weighted by Crippen LogP contribution is 2.27. The van der Waals surface area contributed by atoms with Crippen molar-refractivity contribution in [2.75, 3.05) is 11.1 Å². The third-order valence-electron chi connectivity index (χ3n) is 3.69. The van der Waals surface area contributed by atoms with E-state index in [1.54, 1.807) is 18.2 Å². The first-order valence-electron chi connectivity index (χ1n) is 7.71. The van der Waals surface area contributed by atoms with Crippen molar-refractivity contribution in [2.24, 2.45) is 0 Å². The molecule has 2 aromatic carbocycles. The van der Waals surface area contributed by atoms with E-state index in [1.807, 2.05) is 32.0 Å². The maximum atomic E-state index is 12.1. The van der Waals surface area contributed by atoms with Crippen molar-refractivity contribution in [3.8, 4) is 11.5 Å². The van der Waals surface area contributed by atoms with Crippen LogP contribution in [-0.4, -0.2) is 21.9 Å². The molecule has 1 N–H and O–H groups in total. The third-order valence-corrected chi connectivity index (χ3v) is 5.06. The number of nitrogens with one attached hydrogen (secondary N) is 1. The number of benzene rings is 2. The fraction of sp³-hybridized carbons (Fsp3) is 0.167. The first kappa shape index (κ1) is 18.8. The van der Waals surface area contributed by atoms with Gasteiger partial charge in [0.1, 0.15) is 0 Å². The van der Waals surface area contributed by atoms with Crippen LogP contribution in [0.1, 0.15) is 11.1 Å². The zero-order valence-corrected chi connectivity index (χ0v) is 16.4. The van der Waals surface area contributed by atoms with Gasteiger partial charge in [0.05, 0.1) is 16.5 Å². The zero-order chi connectivity index (χ0) is 18.7. The Kier molecular flexibility index (Phi) is 5.86. The first-order chi connectivity index (χ1) is 12.4. The van der Waals surface area contributed by atoms with Crippen LogP contribution in [0.2, 0.25) is 10.0 Å². The molecule has 0 bridgehead atoms. The van der Waals surface area contributed by atoms with Gasteiger partial charge in [0, 0.05) is 10.6 Å². The Morgan fingerprint density at radius 2 is 1.92 bits per heavy atom. The number of carbonyl (C=O) groups excluding carboxylic acids is 1. The molecule has 0 atom stereocenters. The monoisotopic (exact) mass is 407 g/mol. The molecule has 1 heterocycles. The van der Waals surface area contributed by atoms with Crippen molar-refractivity contribution in [1.82, 2.24) is 10.2 Å². The molecule has 134 valence electrons. The number of nitrogens with zero attached hydrogens (tertiary/aromatic N) is 2. The molecule has 5 nitrogen and oxygen atoms in total. The largest absolute Gasteiger partial charge is 0.411 e. The van der Waals surface area contributed by atoms with E-state index in [0.29, 0.717) is 26.8 Å². The highest BCUT2D eigenvalue weighted by Gasteiger charge is 2.13. The number of amides is 1. The van der Waals surface area contributed by atoms with Crippen molar-refractivity contribution in [1.29, 1.82) is 0 Å². The van der Waals surface area contributed by atoms with E-state index in [4.69, 9.17) is 27.6 Å². The maximum Gasteiger partial charge on any atom is 0.277 e. The number of hydrogen-bond acceptors (Lipinski definition) is 5. The minimum Gasteiger partial charge on any atom is -0.411 e. The quantitative estimate of drug-likeness (QED) is 0.574. The molecule has 0 aliphatic carbocycles. The average molecular weight is 408 g/mol. The zero-order valence-electron chi connectivity index (χ0n) is 14.0. The lowest BCUT2D eigenvalue weighted by atomic mass is 10.1. The van der Waals surface area contributed by atoms with Gasteiger partial charge < -0.3 is 9.73 Å². The molecule has 26 heavy (non-hydrogen) atoms. The minimum atomic E-state index is -0.231. The summed E-state index contributed by atoms with van der Waals surface area (Å²) in [6, 6.07) is 10.8. The van der Waals surface area contributed by atoms with Crippen LogP contribution in [0.4, 0.5) is 5.69 Å². The summed E-state index contributed by atoms with van der Waals surface area (Å²) < 4.78 is 5.62. The van der Waals surface area contributed by atoms with Crippen molar-refractivity contribution >= 4 is 46.6 Å².